The summed E-state index contributed by atoms with van der Waals surface area (Å²) in [7, 11) is 0. The Balaban J connectivity index is 1.94. The molecule has 1 aliphatic rings. The lowest BCUT2D eigenvalue weighted by atomic mass is 9.94. The number of halogens is 6. The van der Waals surface area contributed by atoms with Gasteiger partial charge in [-0.3, -0.25) is 15.0 Å². The highest BCUT2D eigenvalue weighted by molar-refractivity contribution is 6.04. The smallest absolute Gasteiger partial charge is 0.329 e. The van der Waals surface area contributed by atoms with E-state index >= 15 is 0 Å². The maximum Gasteiger partial charge on any atom is 0.420 e. The summed E-state index contributed by atoms with van der Waals surface area (Å²) >= 11 is 0. The van der Waals surface area contributed by atoms with Crippen molar-refractivity contribution in [2.45, 2.75) is 31.2 Å². The van der Waals surface area contributed by atoms with Crippen LogP contribution >= 0.6 is 0 Å². The van der Waals surface area contributed by atoms with E-state index in [1.165, 1.54) is 24.4 Å². The summed E-state index contributed by atoms with van der Waals surface area (Å²) in [6, 6.07) is 11.6. The maximum absolute atomic E-state index is 13.4. The molecule has 170 valence electrons. The number of alkyl halides is 6. The van der Waals surface area contributed by atoms with Crippen molar-refractivity contribution in [3.05, 3.63) is 72.1 Å². The van der Waals surface area contributed by atoms with E-state index in [9.17, 15) is 35.9 Å². The van der Waals surface area contributed by atoms with Gasteiger partial charge in [0.2, 0.25) is 5.54 Å². The number of rotatable bonds is 4. The highest BCUT2D eigenvalue weighted by Gasteiger charge is 2.70. The normalized spacial score (nSPS) is 14.7. The Bertz CT molecular complexity index is 1090. The van der Waals surface area contributed by atoms with Gasteiger partial charge in [-0.25, -0.2) is 5.01 Å². The second kappa shape index (κ2) is 8.21. The molecule has 32 heavy (non-hydrogen) atoms. The third-order valence-corrected chi connectivity index (χ3v) is 5.05. The lowest BCUT2D eigenvalue weighted by Gasteiger charge is -2.38. The van der Waals surface area contributed by atoms with Crippen molar-refractivity contribution in [2.75, 3.05) is 0 Å². The lowest BCUT2D eigenvalue weighted by Crippen LogP contribution is -2.68. The predicted octanol–water partition coefficient (Wildman–Crippen LogP) is 4.59. The Labute approximate surface area is 178 Å². The molecular formula is C21H17F6N3O2. The number of allylic oxidation sites excluding steroid dienone is 2. The molecule has 0 aromatic heterocycles. The first-order valence-electron chi connectivity index (χ1n) is 9.33. The summed E-state index contributed by atoms with van der Waals surface area (Å²) in [5.41, 5.74) is -2.74. The number of nitrogens with one attached hydrogen (secondary N) is 2. The summed E-state index contributed by atoms with van der Waals surface area (Å²) in [5.74, 6) is -2.56. The molecule has 3 rings (SSSR count). The summed E-state index contributed by atoms with van der Waals surface area (Å²) in [4.78, 5) is 25.5. The SMILES string of the molecule is CCC(NC(=O)C1=CC=CNN1C(=O)c1ccc2ccccc2c1)(C(F)(F)F)C(F)(F)F. The summed E-state index contributed by atoms with van der Waals surface area (Å²) < 4.78 is 80.4. The minimum absolute atomic E-state index is 0.0681. The maximum atomic E-state index is 13.4. The van der Waals surface area contributed by atoms with Crippen LogP contribution in [-0.2, 0) is 4.79 Å². The van der Waals surface area contributed by atoms with Gasteiger partial charge in [-0.15, -0.1) is 0 Å². The van der Waals surface area contributed by atoms with Crippen LogP contribution in [0.5, 0.6) is 0 Å². The monoisotopic (exact) mass is 457 g/mol. The quantitative estimate of drug-likeness (QED) is 0.661. The van der Waals surface area contributed by atoms with Gasteiger partial charge in [0.15, 0.2) is 0 Å². The standard InChI is InChI=1S/C21H17F6N3O2/c1-2-19(20(22,23)24,21(25,26)27)29-17(31)16-8-5-11-28-30(16)18(32)15-10-9-13-6-3-4-7-14(13)12-15/h3-12,28H,2H2,1H3,(H,29,31). The van der Waals surface area contributed by atoms with E-state index in [2.05, 4.69) is 5.43 Å². The first-order chi connectivity index (χ1) is 14.9. The minimum Gasteiger partial charge on any atom is -0.329 e. The van der Waals surface area contributed by atoms with Crippen LogP contribution in [0.25, 0.3) is 10.8 Å². The summed E-state index contributed by atoms with van der Waals surface area (Å²) in [5, 5.41) is 3.15. The molecule has 1 aliphatic heterocycles. The van der Waals surface area contributed by atoms with E-state index in [0.717, 1.165) is 16.8 Å². The Morgan fingerprint density at radius 2 is 1.59 bits per heavy atom. The molecule has 0 aliphatic carbocycles. The highest BCUT2D eigenvalue weighted by Crippen LogP contribution is 2.45. The third kappa shape index (κ3) is 4.02. The first kappa shape index (κ1) is 23.2. The van der Waals surface area contributed by atoms with Crippen molar-refractivity contribution in [3.63, 3.8) is 0 Å². The molecule has 0 radical (unpaired) electrons. The largest absolute Gasteiger partial charge is 0.420 e. The van der Waals surface area contributed by atoms with Gasteiger partial charge in [-0.05, 0) is 41.5 Å². The number of hydrogen-bond acceptors (Lipinski definition) is 3. The van der Waals surface area contributed by atoms with E-state index in [-0.39, 0.29) is 5.56 Å². The molecule has 2 N–H and O–H groups in total. The Hall–Kier alpha value is -3.50. The van der Waals surface area contributed by atoms with Crippen molar-refractivity contribution < 1.29 is 35.9 Å². The number of nitrogens with zero attached hydrogens (tertiary/aromatic N) is 1. The zero-order chi connectivity index (χ0) is 23.7. The molecule has 0 atom stereocenters. The van der Waals surface area contributed by atoms with Gasteiger partial charge < -0.3 is 5.32 Å². The molecule has 1 heterocycles. The van der Waals surface area contributed by atoms with Gasteiger partial charge in [-0.1, -0.05) is 37.3 Å². The van der Waals surface area contributed by atoms with Crippen molar-refractivity contribution in [1.82, 2.24) is 15.8 Å². The number of amides is 2. The van der Waals surface area contributed by atoms with Crippen molar-refractivity contribution >= 4 is 22.6 Å². The number of hydrazine groups is 1. The molecule has 2 aromatic rings. The number of benzene rings is 2. The number of carbonyl (C=O) groups excluding carboxylic acids is 2. The Kier molecular flexibility index (Phi) is 5.94. The average molecular weight is 457 g/mol. The van der Waals surface area contributed by atoms with Gasteiger partial charge in [0.05, 0.1) is 0 Å². The zero-order valence-electron chi connectivity index (χ0n) is 16.5. The fraction of sp³-hybridized carbons (Fsp3) is 0.238. The van der Waals surface area contributed by atoms with E-state index in [4.69, 9.17) is 0 Å². The van der Waals surface area contributed by atoms with E-state index in [1.807, 2.05) is 0 Å². The molecule has 0 saturated carbocycles. The van der Waals surface area contributed by atoms with Crippen LogP contribution in [0.2, 0.25) is 0 Å². The van der Waals surface area contributed by atoms with Gasteiger partial charge >= 0.3 is 12.4 Å². The molecule has 0 fully saturated rings. The second-order valence-electron chi connectivity index (χ2n) is 6.95. The molecule has 0 unspecified atom stereocenters. The Morgan fingerprint density at radius 3 is 2.19 bits per heavy atom. The van der Waals surface area contributed by atoms with Crippen LogP contribution in [0.15, 0.2) is 66.5 Å². The van der Waals surface area contributed by atoms with Crippen LogP contribution in [0.4, 0.5) is 26.3 Å². The van der Waals surface area contributed by atoms with Gasteiger partial charge in [0.25, 0.3) is 11.8 Å². The topological polar surface area (TPSA) is 61.4 Å². The first-order valence-corrected chi connectivity index (χ1v) is 9.33. The van der Waals surface area contributed by atoms with Crippen LogP contribution in [0.3, 0.4) is 0 Å². The van der Waals surface area contributed by atoms with Crippen LogP contribution < -0.4 is 10.7 Å². The molecule has 0 saturated heterocycles. The molecule has 2 aromatic carbocycles. The highest BCUT2D eigenvalue weighted by atomic mass is 19.4. The van der Waals surface area contributed by atoms with E-state index < -0.39 is 41.8 Å². The van der Waals surface area contributed by atoms with Crippen LogP contribution in [-0.4, -0.2) is 34.7 Å². The fourth-order valence-corrected chi connectivity index (χ4v) is 3.25. The third-order valence-electron chi connectivity index (χ3n) is 5.05. The average Bonchev–Trinajstić information content (AvgIpc) is 2.74. The molecule has 5 nitrogen and oxygen atoms in total. The van der Waals surface area contributed by atoms with Crippen LogP contribution in [0.1, 0.15) is 23.7 Å². The van der Waals surface area contributed by atoms with Gasteiger partial charge in [0, 0.05) is 11.8 Å². The molecule has 0 spiro atoms. The molecule has 0 bridgehead atoms. The zero-order valence-corrected chi connectivity index (χ0v) is 16.5. The number of carbonyl (C=O) groups is 2. The molecule has 11 heteroatoms. The minimum atomic E-state index is -5.82. The van der Waals surface area contributed by atoms with Crippen molar-refractivity contribution in [2.24, 2.45) is 0 Å². The van der Waals surface area contributed by atoms with Crippen molar-refractivity contribution in [3.8, 4) is 0 Å². The lowest BCUT2D eigenvalue weighted by molar-refractivity contribution is -0.306. The van der Waals surface area contributed by atoms with E-state index in [0.29, 0.717) is 17.3 Å². The molecule has 2 amide bonds. The fourth-order valence-electron chi connectivity index (χ4n) is 3.25. The Morgan fingerprint density at radius 1 is 0.969 bits per heavy atom. The van der Waals surface area contributed by atoms with E-state index in [1.54, 1.807) is 30.3 Å². The predicted molar refractivity (Wildman–Crippen MR) is 104 cm³/mol. The number of hydrogen-bond donors (Lipinski definition) is 2. The summed E-state index contributed by atoms with van der Waals surface area (Å²) in [6.45, 7) is 0.659. The van der Waals surface area contributed by atoms with Gasteiger partial charge in [-0.2, -0.15) is 26.3 Å². The summed E-state index contributed by atoms with van der Waals surface area (Å²) in [6.07, 6.45) is -9.80. The second-order valence-corrected chi connectivity index (χ2v) is 6.95. The van der Waals surface area contributed by atoms with Gasteiger partial charge in [0.1, 0.15) is 5.70 Å². The molecular weight excluding hydrogens is 440 g/mol. The van der Waals surface area contributed by atoms with Crippen molar-refractivity contribution in [1.29, 1.82) is 0 Å². The number of fused-ring (bicyclic) bond motifs is 1. The van der Waals surface area contributed by atoms with Crippen LogP contribution in [0, 0.1) is 0 Å².